The Labute approximate surface area is 111 Å². The Balaban J connectivity index is 1.97. The Morgan fingerprint density at radius 2 is 2.33 bits per heavy atom. The van der Waals surface area contributed by atoms with E-state index >= 15 is 0 Å². The number of carboxylic acid groups (broad SMARTS) is 1. The predicted molar refractivity (Wildman–Crippen MR) is 73.7 cm³/mol. The lowest BCUT2D eigenvalue weighted by Crippen LogP contribution is -2.26. The van der Waals surface area contributed by atoms with E-state index in [-0.39, 0.29) is 6.42 Å². The molecule has 0 unspecified atom stereocenters. The molecule has 0 radical (unpaired) electrons. The maximum Gasteiger partial charge on any atom is 0.303 e. The van der Waals surface area contributed by atoms with Gasteiger partial charge in [0.2, 0.25) is 0 Å². The second-order valence-electron chi connectivity index (χ2n) is 4.49. The van der Waals surface area contributed by atoms with Gasteiger partial charge in [-0.2, -0.15) is 0 Å². The molecular formula is C13H18N2O2S. The Morgan fingerprint density at radius 3 is 3.11 bits per heavy atom. The molecule has 18 heavy (non-hydrogen) atoms. The Kier molecular flexibility index (Phi) is 4.49. The number of nitrogens with zero attached hydrogens (tertiary/aromatic N) is 1. The van der Waals surface area contributed by atoms with Crippen LogP contribution in [0.15, 0.2) is 23.1 Å². The molecule has 1 heterocycles. The van der Waals surface area contributed by atoms with Crippen LogP contribution in [0.5, 0.6) is 0 Å². The van der Waals surface area contributed by atoms with Crippen molar-refractivity contribution < 1.29 is 9.90 Å². The first kappa shape index (κ1) is 13.2. The fraction of sp³-hybridized carbons (Fsp3) is 0.462. The van der Waals surface area contributed by atoms with Gasteiger partial charge >= 0.3 is 5.97 Å². The van der Waals surface area contributed by atoms with Gasteiger partial charge in [-0.15, -0.1) is 11.8 Å². The topological polar surface area (TPSA) is 66.6 Å². The third-order valence-corrected chi connectivity index (χ3v) is 4.10. The number of benzene rings is 1. The van der Waals surface area contributed by atoms with Crippen molar-refractivity contribution in [3.8, 4) is 0 Å². The summed E-state index contributed by atoms with van der Waals surface area (Å²) in [6, 6.07) is 6.04. The Hall–Kier alpha value is -1.20. The number of hydrogen-bond donors (Lipinski definition) is 2. The molecule has 0 aliphatic carbocycles. The summed E-state index contributed by atoms with van der Waals surface area (Å²) < 4.78 is 0. The highest BCUT2D eigenvalue weighted by Crippen LogP contribution is 2.28. The van der Waals surface area contributed by atoms with E-state index in [1.54, 1.807) is 0 Å². The van der Waals surface area contributed by atoms with Crippen LogP contribution in [0.4, 0.5) is 5.69 Å². The average Bonchev–Trinajstić information content (AvgIpc) is 2.49. The molecule has 2 rings (SSSR count). The van der Waals surface area contributed by atoms with Gasteiger partial charge in [0.15, 0.2) is 0 Å². The molecule has 0 bridgehead atoms. The summed E-state index contributed by atoms with van der Waals surface area (Å²) in [5, 5.41) is 8.65. The van der Waals surface area contributed by atoms with E-state index in [1.807, 2.05) is 23.9 Å². The molecule has 5 heteroatoms. The van der Waals surface area contributed by atoms with Crippen molar-refractivity contribution in [2.45, 2.75) is 24.3 Å². The molecule has 0 aromatic heterocycles. The van der Waals surface area contributed by atoms with Gasteiger partial charge < -0.3 is 10.8 Å². The Bertz CT molecular complexity index is 437. The molecule has 1 aliphatic heterocycles. The van der Waals surface area contributed by atoms with E-state index in [9.17, 15) is 4.79 Å². The van der Waals surface area contributed by atoms with Gasteiger partial charge in [0.1, 0.15) is 0 Å². The molecule has 0 saturated heterocycles. The zero-order valence-corrected chi connectivity index (χ0v) is 11.1. The number of aliphatic carboxylic acids is 1. The van der Waals surface area contributed by atoms with Crippen molar-refractivity contribution in [3.63, 3.8) is 0 Å². The maximum atomic E-state index is 10.5. The molecule has 98 valence electrons. The number of rotatable bonds is 4. The van der Waals surface area contributed by atoms with Crippen LogP contribution < -0.4 is 5.73 Å². The van der Waals surface area contributed by atoms with Crippen LogP contribution in [0.2, 0.25) is 0 Å². The molecule has 0 saturated carbocycles. The van der Waals surface area contributed by atoms with E-state index in [0.717, 1.165) is 31.1 Å². The van der Waals surface area contributed by atoms with E-state index in [1.165, 1.54) is 10.5 Å². The van der Waals surface area contributed by atoms with E-state index in [0.29, 0.717) is 6.42 Å². The summed E-state index contributed by atoms with van der Waals surface area (Å²) in [6.07, 6.45) is 0.949. The second-order valence-corrected chi connectivity index (χ2v) is 5.63. The van der Waals surface area contributed by atoms with Gasteiger partial charge in [0.25, 0.3) is 0 Å². The predicted octanol–water partition coefficient (Wildman–Crippen LogP) is 2.04. The molecule has 0 amide bonds. The molecule has 0 atom stereocenters. The summed E-state index contributed by atoms with van der Waals surface area (Å²) in [5.74, 6) is 0.327. The molecule has 3 N–H and O–H groups in total. The third-order valence-electron chi connectivity index (χ3n) is 3.01. The summed E-state index contributed by atoms with van der Waals surface area (Å²) in [4.78, 5) is 14.1. The number of thioether (sulfide) groups is 1. The van der Waals surface area contributed by atoms with Crippen LogP contribution in [0.3, 0.4) is 0 Å². The highest BCUT2D eigenvalue weighted by atomic mass is 32.2. The average molecular weight is 266 g/mol. The summed E-state index contributed by atoms with van der Waals surface area (Å²) in [7, 11) is 0. The van der Waals surface area contributed by atoms with Crippen molar-refractivity contribution in [2.75, 3.05) is 24.6 Å². The minimum Gasteiger partial charge on any atom is -0.481 e. The van der Waals surface area contributed by atoms with Gasteiger partial charge in [0.05, 0.1) is 0 Å². The Morgan fingerprint density at radius 1 is 1.50 bits per heavy atom. The zero-order chi connectivity index (χ0) is 13.0. The van der Waals surface area contributed by atoms with Gasteiger partial charge in [0, 0.05) is 35.8 Å². The van der Waals surface area contributed by atoms with Gasteiger partial charge in [-0.05, 0) is 36.7 Å². The van der Waals surface area contributed by atoms with E-state index in [4.69, 9.17) is 10.8 Å². The summed E-state index contributed by atoms with van der Waals surface area (Å²) in [6.45, 7) is 2.70. The molecule has 1 aliphatic rings. The van der Waals surface area contributed by atoms with Gasteiger partial charge in [-0.25, -0.2) is 0 Å². The SMILES string of the molecule is Nc1ccc2c(c1)CN(CCCC(=O)O)CCS2. The van der Waals surface area contributed by atoms with Crippen LogP contribution in [0, 0.1) is 0 Å². The van der Waals surface area contributed by atoms with Crippen molar-refractivity contribution in [1.29, 1.82) is 0 Å². The lowest BCUT2D eigenvalue weighted by atomic mass is 10.2. The van der Waals surface area contributed by atoms with Crippen molar-refractivity contribution >= 4 is 23.4 Å². The number of anilines is 1. The first-order chi connectivity index (χ1) is 8.65. The number of fused-ring (bicyclic) bond motifs is 1. The number of carbonyl (C=O) groups is 1. The first-order valence-electron chi connectivity index (χ1n) is 6.10. The maximum absolute atomic E-state index is 10.5. The third kappa shape index (κ3) is 3.65. The van der Waals surface area contributed by atoms with E-state index < -0.39 is 5.97 Å². The largest absolute Gasteiger partial charge is 0.481 e. The molecule has 1 aromatic carbocycles. The zero-order valence-electron chi connectivity index (χ0n) is 10.3. The lowest BCUT2D eigenvalue weighted by molar-refractivity contribution is -0.137. The van der Waals surface area contributed by atoms with Crippen molar-refractivity contribution in [3.05, 3.63) is 23.8 Å². The van der Waals surface area contributed by atoms with Gasteiger partial charge in [-0.1, -0.05) is 0 Å². The highest BCUT2D eigenvalue weighted by molar-refractivity contribution is 7.99. The van der Waals surface area contributed by atoms with Crippen LogP contribution in [-0.2, 0) is 11.3 Å². The standard InChI is InChI=1S/C13H18N2O2S/c14-11-3-4-12-10(8-11)9-15(6-7-18-12)5-1-2-13(16)17/h3-4,8H,1-2,5-7,9,14H2,(H,16,17). The number of nitrogens with two attached hydrogens (primary N) is 1. The van der Waals surface area contributed by atoms with Crippen LogP contribution >= 0.6 is 11.8 Å². The normalized spacial score (nSPS) is 16.0. The highest BCUT2D eigenvalue weighted by Gasteiger charge is 2.14. The quantitative estimate of drug-likeness (QED) is 0.816. The smallest absolute Gasteiger partial charge is 0.303 e. The molecule has 0 fully saturated rings. The minimum atomic E-state index is -0.719. The molecule has 0 spiro atoms. The fourth-order valence-electron chi connectivity index (χ4n) is 2.11. The summed E-state index contributed by atoms with van der Waals surface area (Å²) in [5.41, 5.74) is 7.86. The van der Waals surface area contributed by atoms with Crippen LogP contribution in [-0.4, -0.2) is 34.8 Å². The van der Waals surface area contributed by atoms with Crippen LogP contribution in [0.25, 0.3) is 0 Å². The van der Waals surface area contributed by atoms with Crippen LogP contribution in [0.1, 0.15) is 18.4 Å². The monoisotopic (exact) mass is 266 g/mol. The fourth-order valence-corrected chi connectivity index (χ4v) is 3.16. The number of carboxylic acids is 1. The number of hydrogen-bond acceptors (Lipinski definition) is 4. The molecule has 4 nitrogen and oxygen atoms in total. The second kappa shape index (κ2) is 6.11. The van der Waals surface area contributed by atoms with Gasteiger partial charge in [-0.3, -0.25) is 9.69 Å². The van der Waals surface area contributed by atoms with E-state index in [2.05, 4.69) is 11.0 Å². The number of nitrogen functional groups attached to an aromatic ring is 1. The lowest BCUT2D eigenvalue weighted by Gasteiger charge is -2.19. The molecule has 1 aromatic rings. The van der Waals surface area contributed by atoms with Crippen molar-refractivity contribution in [2.24, 2.45) is 0 Å². The first-order valence-corrected chi connectivity index (χ1v) is 7.09. The van der Waals surface area contributed by atoms with Crippen molar-refractivity contribution in [1.82, 2.24) is 4.90 Å². The minimum absolute atomic E-state index is 0.243. The summed E-state index contributed by atoms with van der Waals surface area (Å²) >= 11 is 1.85. The molecular weight excluding hydrogens is 248 g/mol.